The number of allylic oxidation sites excluding steroid dienone is 2. The van der Waals surface area contributed by atoms with Crippen molar-refractivity contribution in [1.29, 1.82) is 5.26 Å². The summed E-state index contributed by atoms with van der Waals surface area (Å²) in [5.74, 6) is 0.124. The van der Waals surface area contributed by atoms with Crippen molar-refractivity contribution in [3.63, 3.8) is 0 Å². The first-order valence-electron chi connectivity index (χ1n) is 9.02. The van der Waals surface area contributed by atoms with Gasteiger partial charge in [-0.3, -0.25) is 0 Å². The number of esters is 1. The molecule has 0 saturated carbocycles. The maximum atomic E-state index is 12.8. The van der Waals surface area contributed by atoms with Crippen LogP contribution in [-0.4, -0.2) is 19.7 Å². The minimum atomic E-state index is -0.631. The molecule has 144 valence electrons. The van der Waals surface area contributed by atoms with Crippen LogP contribution in [0.25, 0.3) is 0 Å². The fourth-order valence-electron chi connectivity index (χ4n) is 3.32. The van der Waals surface area contributed by atoms with E-state index in [-0.39, 0.29) is 18.1 Å². The molecule has 0 amide bonds. The predicted molar refractivity (Wildman–Crippen MR) is 102 cm³/mol. The van der Waals surface area contributed by atoms with E-state index < -0.39 is 11.9 Å². The van der Waals surface area contributed by atoms with Crippen LogP contribution in [0.15, 0.2) is 34.9 Å². The summed E-state index contributed by atoms with van der Waals surface area (Å²) in [5, 5.41) is 9.73. The normalized spacial score (nSPS) is 16.7. The van der Waals surface area contributed by atoms with E-state index in [2.05, 4.69) is 6.07 Å². The van der Waals surface area contributed by atoms with Crippen molar-refractivity contribution >= 4 is 5.97 Å². The highest BCUT2D eigenvalue weighted by molar-refractivity contribution is 5.92. The highest BCUT2D eigenvalue weighted by atomic mass is 16.5. The molecule has 1 aromatic carbocycles. The molecule has 0 aliphatic carbocycles. The minimum Gasteiger partial charge on any atom is -0.496 e. The molecule has 0 saturated heterocycles. The van der Waals surface area contributed by atoms with Crippen molar-refractivity contribution in [1.82, 2.24) is 0 Å². The Bertz CT molecular complexity index is 846. The van der Waals surface area contributed by atoms with Gasteiger partial charge in [-0.15, -0.1) is 0 Å². The van der Waals surface area contributed by atoms with Crippen molar-refractivity contribution in [3.8, 4) is 11.8 Å². The van der Waals surface area contributed by atoms with E-state index in [1.54, 1.807) is 14.0 Å². The zero-order valence-corrected chi connectivity index (χ0v) is 16.5. The number of carbonyl (C=O) groups is 1. The van der Waals surface area contributed by atoms with Gasteiger partial charge in [-0.2, -0.15) is 5.26 Å². The smallest absolute Gasteiger partial charge is 0.338 e. The summed E-state index contributed by atoms with van der Waals surface area (Å²) in [6, 6.07) is 5.95. The van der Waals surface area contributed by atoms with E-state index in [1.165, 1.54) is 0 Å². The Morgan fingerprint density at radius 1 is 1.30 bits per heavy atom. The number of rotatable bonds is 6. The van der Waals surface area contributed by atoms with E-state index in [4.69, 9.17) is 19.9 Å². The molecule has 0 aromatic heterocycles. The van der Waals surface area contributed by atoms with Crippen LogP contribution in [0.1, 0.15) is 49.3 Å². The number of nitriles is 1. The highest BCUT2D eigenvalue weighted by Gasteiger charge is 2.38. The summed E-state index contributed by atoms with van der Waals surface area (Å²) in [4.78, 5) is 12.8. The lowest BCUT2D eigenvalue weighted by Crippen LogP contribution is -2.26. The molecule has 1 aromatic rings. The zero-order valence-electron chi connectivity index (χ0n) is 16.5. The molecule has 6 nitrogen and oxygen atoms in total. The van der Waals surface area contributed by atoms with Crippen LogP contribution in [0, 0.1) is 25.2 Å². The molecule has 0 spiro atoms. The zero-order chi connectivity index (χ0) is 20.1. The predicted octanol–water partition coefficient (Wildman–Crippen LogP) is 3.74. The summed E-state index contributed by atoms with van der Waals surface area (Å²) >= 11 is 0. The van der Waals surface area contributed by atoms with E-state index in [0.29, 0.717) is 17.8 Å². The van der Waals surface area contributed by atoms with Gasteiger partial charge in [0.05, 0.1) is 25.2 Å². The van der Waals surface area contributed by atoms with Gasteiger partial charge in [0.2, 0.25) is 5.88 Å². The van der Waals surface area contributed by atoms with Crippen LogP contribution < -0.4 is 10.5 Å². The molecule has 0 radical (unpaired) electrons. The molecule has 0 fully saturated rings. The van der Waals surface area contributed by atoms with Gasteiger partial charge >= 0.3 is 5.97 Å². The first-order valence-corrected chi connectivity index (χ1v) is 9.02. The van der Waals surface area contributed by atoms with Gasteiger partial charge in [-0.1, -0.05) is 13.0 Å². The van der Waals surface area contributed by atoms with Crippen molar-refractivity contribution in [3.05, 3.63) is 51.6 Å². The summed E-state index contributed by atoms with van der Waals surface area (Å²) < 4.78 is 16.3. The number of nitrogens with two attached hydrogens (primary N) is 1. The fourth-order valence-corrected chi connectivity index (χ4v) is 3.32. The summed E-state index contributed by atoms with van der Waals surface area (Å²) in [5.41, 5.74) is 9.21. The number of aryl methyl sites for hydroxylation is 2. The van der Waals surface area contributed by atoms with E-state index >= 15 is 0 Å². The number of carbonyl (C=O) groups excluding carboxylic acids is 1. The van der Waals surface area contributed by atoms with E-state index in [0.717, 1.165) is 28.9 Å². The molecule has 0 bridgehead atoms. The third-order valence-electron chi connectivity index (χ3n) is 4.56. The number of nitrogens with zero attached hydrogens (tertiary/aromatic N) is 1. The van der Waals surface area contributed by atoms with Gasteiger partial charge in [0, 0.05) is 6.42 Å². The quantitative estimate of drug-likeness (QED) is 0.767. The second-order valence-electron chi connectivity index (χ2n) is 6.41. The summed E-state index contributed by atoms with van der Waals surface area (Å²) in [6.45, 7) is 7.79. The molecule has 2 rings (SSSR count). The van der Waals surface area contributed by atoms with Crippen LogP contribution in [-0.2, 0) is 14.3 Å². The Morgan fingerprint density at radius 3 is 2.56 bits per heavy atom. The lowest BCUT2D eigenvalue weighted by atomic mass is 9.80. The molecule has 6 heteroatoms. The third kappa shape index (κ3) is 3.92. The van der Waals surface area contributed by atoms with Crippen molar-refractivity contribution in [2.75, 3.05) is 13.7 Å². The van der Waals surface area contributed by atoms with Crippen LogP contribution in [0.4, 0.5) is 0 Å². The van der Waals surface area contributed by atoms with Gasteiger partial charge in [0.1, 0.15) is 23.2 Å². The van der Waals surface area contributed by atoms with Gasteiger partial charge in [-0.25, -0.2) is 4.79 Å². The molecule has 1 atom stereocenters. The van der Waals surface area contributed by atoms with Gasteiger partial charge < -0.3 is 19.9 Å². The average Bonchev–Trinajstić information content (AvgIpc) is 2.63. The third-order valence-corrected chi connectivity index (χ3v) is 4.56. The Hall–Kier alpha value is -2.94. The Labute approximate surface area is 160 Å². The van der Waals surface area contributed by atoms with Crippen LogP contribution in [0.3, 0.4) is 0 Å². The highest BCUT2D eigenvalue weighted by Crippen LogP contribution is 2.43. The Balaban J connectivity index is 2.76. The second kappa shape index (κ2) is 8.63. The van der Waals surface area contributed by atoms with Crippen molar-refractivity contribution in [2.24, 2.45) is 5.73 Å². The Kier molecular flexibility index (Phi) is 6.51. The molecule has 0 unspecified atom stereocenters. The number of methoxy groups -OCH3 is 1. The average molecular weight is 370 g/mol. The largest absolute Gasteiger partial charge is 0.496 e. The maximum Gasteiger partial charge on any atom is 0.338 e. The van der Waals surface area contributed by atoms with Crippen molar-refractivity contribution in [2.45, 2.75) is 46.5 Å². The lowest BCUT2D eigenvalue weighted by molar-refractivity contribution is -0.139. The molecule has 1 aliphatic rings. The lowest BCUT2D eigenvalue weighted by Gasteiger charge is -2.29. The number of hydrogen-bond donors (Lipinski definition) is 1. The van der Waals surface area contributed by atoms with E-state index in [9.17, 15) is 10.1 Å². The topological polar surface area (TPSA) is 94.6 Å². The van der Waals surface area contributed by atoms with Crippen molar-refractivity contribution < 1.29 is 19.0 Å². The molecule has 1 heterocycles. The number of hydrogen-bond acceptors (Lipinski definition) is 6. The van der Waals surface area contributed by atoms with Gasteiger partial charge in [0.25, 0.3) is 0 Å². The first-order chi connectivity index (χ1) is 12.9. The molecular weight excluding hydrogens is 344 g/mol. The standard InChI is InChI=1S/C21H26N2O4/c1-6-8-16-19(21(24)26-7-2)18(15(11-22)20(23)27-16)14-9-13(4)17(25-5)10-12(14)3/h9-10,18H,6-8,23H2,1-5H3/t18-/m0/s1. The molecular formula is C21H26N2O4. The van der Waals surface area contributed by atoms with Gasteiger partial charge in [-0.05, 0) is 49.9 Å². The fraction of sp³-hybridized carbons (Fsp3) is 0.429. The maximum absolute atomic E-state index is 12.8. The summed E-state index contributed by atoms with van der Waals surface area (Å²) in [7, 11) is 1.61. The minimum absolute atomic E-state index is 0.0341. The molecule has 27 heavy (non-hydrogen) atoms. The van der Waals surface area contributed by atoms with Crippen LogP contribution >= 0.6 is 0 Å². The number of benzene rings is 1. The monoisotopic (exact) mass is 370 g/mol. The molecule has 2 N–H and O–H groups in total. The van der Waals surface area contributed by atoms with Crippen LogP contribution in [0.5, 0.6) is 5.75 Å². The SMILES string of the molecule is CCCC1=C(C(=O)OCC)[C@@H](c2cc(C)c(OC)cc2C)C(C#N)=C(N)O1. The Morgan fingerprint density at radius 2 is 2.00 bits per heavy atom. The second-order valence-corrected chi connectivity index (χ2v) is 6.41. The van der Waals surface area contributed by atoms with E-state index in [1.807, 2.05) is 32.9 Å². The van der Waals surface area contributed by atoms with Crippen LogP contribution in [0.2, 0.25) is 0 Å². The molecule has 1 aliphatic heterocycles. The van der Waals surface area contributed by atoms with Gasteiger partial charge in [0.15, 0.2) is 0 Å². The first kappa shape index (κ1) is 20.4. The number of ether oxygens (including phenoxy) is 3. The summed E-state index contributed by atoms with van der Waals surface area (Å²) in [6.07, 6.45) is 1.29.